The maximum absolute atomic E-state index is 5.95. The monoisotopic (exact) mass is 225 g/mol. The summed E-state index contributed by atoms with van der Waals surface area (Å²) in [5.41, 5.74) is 5.95. The largest absolute Gasteiger partial charge is 0.328 e. The number of nitrogens with zero attached hydrogens (tertiary/aromatic N) is 2. The summed E-state index contributed by atoms with van der Waals surface area (Å²) >= 11 is 0. The second kappa shape index (κ2) is 5.48. The van der Waals surface area contributed by atoms with Crippen molar-refractivity contribution in [2.45, 2.75) is 44.2 Å². The van der Waals surface area contributed by atoms with E-state index < -0.39 is 0 Å². The van der Waals surface area contributed by atoms with Gasteiger partial charge in [-0.25, -0.2) is 0 Å². The minimum absolute atomic E-state index is 0.485. The van der Waals surface area contributed by atoms with Crippen molar-refractivity contribution in [2.75, 3.05) is 33.7 Å². The first kappa shape index (κ1) is 12.3. The zero-order chi connectivity index (χ0) is 11.5. The molecular formula is C13H27N3. The van der Waals surface area contributed by atoms with Gasteiger partial charge < -0.3 is 15.5 Å². The van der Waals surface area contributed by atoms with Crippen LogP contribution >= 0.6 is 0 Å². The van der Waals surface area contributed by atoms with E-state index in [2.05, 4.69) is 23.9 Å². The first-order chi connectivity index (χ1) is 7.65. The topological polar surface area (TPSA) is 32.5 Å². The van der Waals surface area contributed by atoms with Gasteiger partial charge in [-0.15, -0.1) is 0 Å². The van der Waals surface area contributed by atoms with Gasteiger partial charge in [-0.3, -0.25) is 0 Å². The van der Waals surface area contributed by atoms with Crippen LogP contribution in [0.15, 0.2) is 0 Å². The second-order valence-corrected chi connectivity index (χ2v) is 5.93. The Morgan fingerprint density at radius 2 is 1.88 bits per heavy atom. The molecule has 1 unspecified atom stereocenters. The minimum Gasteiger partial charge on any atom is -0.328 e. The highest BCUT2D eigenvalue weighted by Crippen LogP contribution is 2.25. The summed E-state index contributed by atoms with van der Waals surface area (Å²) in [5, 5.41) is 0. The van der Waals surface area contributed by atoms with E-state index in [9.17, 15) is 0 Å². The molecule has 0 aromatic heterocycles. The van der Waals surface area contributed by atoms with Gasteiger partial charge in [0.1, 0.15) is 0 Å². The maximum atomic E-state index is 5.95. The van der Waals surface area contributed by atoms with Crippen LogP contribution in [0.3, 0.4) is 0 Å². The molecule has 0 bridgehead atoms. The molecule has 0 amide bonds. The van der Waals surface area contributed by atoms with Gasteiger partial charge in [0.25, 0.3) is 0 Å². The Morgan fingerprint density at radius 3 is 2.44 bits per heavy atom. The molecule has 16 heavy (non-hydrogen) atoms. The Bertz CT molecular complexity index is 211. The van der Waals surface area contributed by atoms with Crippen molar-refractivity contribution in [2.24, 2.45) is 11.7 Å². The van der Waals surface area contributed by atoms with Crippen molar-refractivity contribution in [3.8, 4) is 0 Å². The normalized spacial score (nSPS) is 37.1. The molecule has 1 atom stereocenters. The van der Waals surface area contributed by atoms with Crippen LogP contribution in [-0.2, 0) is 0 Å². The third-order valence-electron chi connectivity index (χ3n) is 4.43. The van der Waals surface area contributed by atoms with Gasteiger partial charge in [0.15, 0.2) is 0 Å². The standard InChI is InChI=1S/C13H27N3/c1-15-8-7-13(10-15)16(2)9-11-3-5-12(14)6-4-11/h11-13H,3-10,14H2,1-2H3. The van der Waals surface area contributed by atoms with Crippen LogP contribution in [0.2, 0.25) is 0 Å². The summed E-state index contributed by atoms with van der Waals surface area (Å²) in [6.07, 6.45) is 6.51. The minimum atomic E-state index is 0.485. The van der Waals surface area contributed by atoms with Crippen molar-refractivity contribution in [1.29, 1.82) is 0 Å². The van der Waals surface area contributed by atoms with Crippen LogP contribution in [0.4, 0.5) is 0 Å². The van der Waals surface area contributed by atoms with Crippen molar-refractivity contribution in [3.63, 3.8) is 0 Å². The van der Waals surface area contributed by atoms with Gasteiger partial charge in [0, 0.05) is 25.2 Å². The summed E-state index contributed by atoms with van der Waals surface area (Å²) < 4.78 is 0. The Kier molecular flexibility index (Phi) is 4.22. The van der Waals surface area contributed by atoms with Crippen LogP contribution in [0.5, 0.6) is 0 Å². The lowest BCUT2D eigenvalue weighted by Gasteiger charge is -2.32. The summed E-state index contributed by atoms with van der Waals surface area (Å²) in [4.78, 5) is 5.03. The molecule has 2 fully saturated rings. The van der Waals surface area contributed by atoms with Crippen LogP contribution < -0.4 is 5.73 Å². The van der Waals surface area contributed by atoms with E-state index in [1.807, 2.05) is 0 Å². The van der Waals surface area contributed by atoms with E-state index in [1.165, 1.54) is 51.7 Å². The number of rotatable bonds is 3. The first-order valence-electron chi connectivity index (χ1n) is 6.79. The smallest absolute Gasteiger partial charge is 0.0232 e. The third-order valence-corrected chi connectivity index (χ3v) is 4.43. The molecule has 3 nitrogen and oxygen atoms in total. The molecule has 1 aliphatic carbocycles. The highest BCUT2D eigenvalue weighted by Gasteiger charge is 2.26. The summed E-state index contributed by atoms with van der Waals surface area (Å²) in [6.45, 7) is 3.80. The molecule has 1 saturated heterocycles. The average Bonchev–Trinajstić information content (AvgIpc) is 2.68. The lowest BCUT2D eigenvalue weighted by molar-refractivity contribution is 0.178. The van der Waals surface area contributed by atoms with E-state index in [0.29, 0.717) is 6.04 Å². The number of nitrogens with two attached hydrogens (primary N) is 1. The van der Waals surface area contributed by atoms with Gasteiger partial charge in [-0.1, -0.05) is 0 Å². The molecule has 1 heterocycles. The Morgan fingerprint density at radius 1 is 1.19 bits per heavy atom. The van der Waals surface area contributed by atoms with Crippen LogP contribution in [0.1, 0.15) is 32.1 Å². The predicted octanol–water partition coefficient (Wildman–Crippen LogP) is 1.14. The molecule has 2 N–H and O–H groups in total. The molecule has 2 aliphatic rings. The van der Waals surface area contributed by atoms with E-state index >= 15 is 0 Å². The van der Waals surface area contributed by atoms with Gasteiger partial charge in [-0.2, -0.15) is 0 Å². The Hall–Kier alpha value is -0.120. The molecular weight excluding hydrogens is 198 g/mol. The zero-order valence-corrected chi connectivity index (χ0v) is 10.9. The summed E-state index contributed by atoms with van der Waals surface area (Å²) in [7, 11) is 4.53. The van der Waals surface area contributed by atoms with Gasteiger partial charge in [0.05, 0.1) is 0 Å². The SMILES string of the molecule is CN1CCC(N(C)CC2CCC(N)CC2)C1. The molecule has 0 spiro atoms. The quantitative estimate of drug-likeness (QED) is 0.782. The molecule has 0 aromatic rings. The van der Waals surface area contributed by atoms with Crippen molar-refractivity contribution >= 4 is 0 Å². The van der Waals surface area contributed by atoms with Crippen LogP contribution in [0.25, 0.3) is 0 Å². The molecule has 3 heteroatoms. The first-order valence-corrected chi connectivity index (χ1v) is 6.79. The lowest BCUT2D eigenvalue weighted by atomic mass is 9.86. The zero-order valence-electron chi connectivity index (χ0n) is 10.9. The highest BCUT2D eigenvalue weighted by molar-refractivity contribution is 4.83. The highest BCUT2D eigenvalue weighted by atomic mass is 15.2. The molecule has 0 aromatic carbocycles. The van der Waals surface area contributed by atoms with Crippen LogP contribution in [-0.4, -0.2) is 55.6 Å². The molecule has 1 saturated carbocycles. The number of hydrogen-bond acceptors (Lipinski definition) is 3. The fourth-order valence-electron chi connectivity index (χ4n) is 3.20. The molecule has 94 valence electrons. The van der Waals surface area contributed by atoms with Crippen molar-refractivity contribution in [3.05, 3.63) is 0 Å². The average molecular weight is 225 g/mol. The number of likely N-dealkylation sites (N-methyl/N-ethyl adjacent to an activating group) is 2. The molecule has 2 rings (SSSR count). The molecule has 1 aliphatic heterocycles. The fraction of sp³-hybridized carbons (Fsp3) is 1.00. The second-order valence-electron chi connectivity index (χ2n) is 5.93. The maximum Gasteiger partial charge on any atom is 0.0232 e. The Labute approximate surface area is 100.0 Å². The summed E-state index contributed by atoms with van der Waals surface area (Å²) in [5.74, 6) is 0.899. The predicted molar refractivity (Wildman–Crippen MR) is 68.5 cm³/mol. The molecule has 0 radical (unpaired) electrons. The number of likely N-dealkylation sites (tertiary alicyclic amines) is 1. The fourth-order valence-corrected chi connectivity index (χ4v) is 3.20. The summed E-state index contributed by atoms with van der Waals surface area (Å²) in [6, 6.07) is 1.28. The van der Waals surface area contributed by atoms with E-state index in [1.54, 1.807) is 0 Å². The Balaban J connectivity index is 1.72. The van der Waals surface area contributed by atoms with Gasteiger partial charge >= 0.3 is 0 Å². The van der Waals surface area contributed by atoms with Gasteiger partial charge in [0.2, 0.25) is 0 Å². The third kappa shape index (κ3) is 3.19. The van der Waals surface area contributed by atoms with E-state index in [0.717, 1.165) is 12.0 Å². The lowest BCUT2D eigenvalue weighted by Crippen LogP contribution is -2.39. The van der Waals surface area contributed by atoms with Gasteiger partial charge in [-0.05, 0) is 58.7 Å². The van der Waals surface area contributed by atoms with Crippen molar-refractivity contribution < 1.29 is 0 Å². The van der Waals surface area contributed by atoms with E-state index in [-0.39, 0.29) is 0 Å². The van der Waals surface area contributed by atoms with E-state index in [4.69, 9.17) is 5.73 Å². The van der Waals surface area contributed by atoms with Crippen molar-refractivity contribution in [1.82, 2.24) is 9.80 Å². The van der Waals surface area contributed by atoms with Crippen LogP contribution in [0, 0.1) is 5.92 Å². The number of hydrogen-bond donors (Lipinski definition) is 1.